The summed E-state index contributed by atoms with van der Waals surface area (Å²) in [6.45, 7) is 1.38. The lowest BCUT2D eigenvalue weighted by molar-refractivity contribution is -0.137. The first kappa shape index (κ1) is 13.8. The molecule has 2 rings (SSSR count). The van der Waals surface area contributed by atoms with Crippen LogP contribution in [0.15, 0.2) is 24.3 Å². The molecule has 0 saturated carbocycles. The Balaban J connectivity index is 1.97. The zero-order valence-corrected chi connectivity index (χ0v) is 9.96. The summed E-state index contributed by atoms with van der Waals surface area (Å²) in [4.78, 5) is 11.8. The van der Waals surface area contributed by atoms with Crippen molar-refractivity contribution in [3.8, 4) is 0 Å². The highest BCUT2D eigenvalue weighted by atomic mass is 19.4. The molecule has 0 aromatic heterocycles. The highest BCUT2D eigenvalue weighted by Gasteiger charge is 2.30. The van der Waals surface area contributed by atoms with Gasteiger partial charge >= 0.3 is 6.18 Å². The van der Waals surface area contributed by atoms with E-state index in [0.29, 0.717) is 18.8 Å². The van der Waals surface area contributed by atoms with Gasteiger partial charge in [0.1, 0.15) is 6.04 Å². The predicted octanol–water partition coefficient (Wildman–Crippen LogP) is 1.63. The molecule has 104 valence electrons. The summed E-state index contributed by atoms with van der Waals surface area (Å²) in [7, 11) is 0. The Hall–Kier alpha value is -1.60. The molecule has 7 heteroatoms. The fraction of sp³-hybridized carbons (Fsp3) is 0.417. The minimum Gasteiger partial charge on any atom is -0.378 e. The number of halogens is 3. The minimum absolute atomic E-state index is 0.256. The maximum absolute atomic E-state index is 12.4. The average molecular weight is 274 g/mol. The number of anilines is 1. The van der Waals surface area contributed by atoms with Crippen LogP contribution in [-0.4, -0.2) is 31.7 Å². The first-order valence-electron chi connectivity index (χ1n) is 5.76. The average Bonchev–Trinajstić information content (AvgIpc) is 2.39. The van der Waals surface area contributed by atoms with Gasteiger partial charge in [-0.2, -0.15) is 13.2 Å². The van der Waals surface area contributed by atoms with E-state index in [1.807, 2.05) is 0 Å². The largest absolute Gasteiger partial charge is 0.416 e. The molecule has 1 amide bonds. The molecular weight excluding hydrogens is 261 g/mol. The van der Waals surface area contributed by atoms with Crippen molar-refractivity contribution in [2.45, 2.75) is 12.2 Å². The zero-order valence-electron chi connectivity index (χ0n) is 9.96. The number of carbonyl (C=O) groups is 1. The van der Waals surface area contributed by atoms with Gasteiger partial charge in [0.15, 0.2) is 0 Å². The number of alkyl halides is 3. The number of hydrogen-bond acceptors (Lipinski definition) is 3. The van der Waals surface area contributed by atoms with Crippen LogP contribution in [0.25, 0.3) is 0 Å². The number of hydrogen-bond donors (Lipinski definition) is 2. The molecule has 4 nitrogen and oxygen atoms in total. The third-order valence-electron chi connectivity index (χ3n) is 2.72. The second kappa shape index (κ2) is 5.58. The quantitative estimate of drug-likeness (QED) is 0.862. The lowest BCUT2D eigenvalue weighted by atomic mass is 10.2. The molecule has 1 aromatic rings. The van der Waals surface area contributed by atoms with Crippen LogP contribution in [0.3, 0.4) is 0 Å². The fourth-order valence-electron chi connectivity index (χ4n) is 1.71. The van der Waals surface area contributed by atoms with Crippen LogP contribution in [0.2, 0.25) is 0 Å². The third-order valence-corrected chi connectivity index (χ3v) is 2.72. The summed E-state index contributed by atoms with van der Waals surface area (Å²) >= 11 is 0. The molecule has 1 aliphatic rings. The second-order valence-corrected chi connectivity index (χ2v) is 4.15. The molecule has 1 saturated heterocycles. The molecule has 1 aromatic carbocycles. The summed E-state index contributed by atoms with van der Waals surface area (Å²) in [6, 6.07) is 3.84. The maximum Gasteiger partial charge on any atom is 0.416 e. The van der Waals surface area contributed by atoms with Gasteiger partial charge in [-0.05, 0) is 24.3 Å². The second-order valence-electron chi connectivity index (χ2n) is 4.15. The molecule has 1 heterocycles. The Morgan fingerprint density at radius 1 is 1.32 bits per heavy atom. The Kier molecular flexibility index (Phi) is 4.06. The Bertz CT molecular complexity index is 439. The zero-order chi connectivity index (χ0) is 13.9. The molecule has 0 aliphatic carbocycles. The lowest BCUT2D eigenvalue weighted by Gasteiger charge is -2.22. The van der Waals surface area contributed by atoms with Crippen molar-refractivity contribution in [3.05, 3.63) is 29.8 Å². The number of benzene rings is 1. The third kappa shape index (κ3) is 3.68. The first-order chi connectivity index (χ1) is 8.97. The molecule has 1 fully saturated rings. The normalized spacial score (nSPS) is 20.1. The molecule has 1 atom stereocenters. The van der Waals surface area contributed by atoms with E-state index in [-0.39, 0.29) is 12.5 Å². The van der Waals surface area contributed by atoms with Crippen LogP contribution in [0.5, 0.6) is 0 Å². The van der Waals surface area contributed by atoms with E-state index in [9.17, 15) is 18.0 Å². The monoisotopic (exact) mass is 274 g/mol. The van der Waals surface area contributed by atoms with E-state index >= 15 is 0 Å². The van der Waals surface area contributed by atoms with Gasteiger partial charge in [-0.1, -0.05) is 0 Å². The number of carbonyl (C=O) groups excluding carboxylic acids is 1. The van der Waals surface area contributed by atoms with Gasteiger partial charge in [-0.3, -0.25) is 4.79 Å². The van der Waals surface area contributed by atoms with Gasteiger partial charge in [0.2, 0.25) is 5.91 Å². The molecule has 1 aliphatic heterocycles. The van der Waals surface area contributed by atoms with Crippen LogP contribution < -0.4 is 10.6 Å². The molecule has 0 radical (unpaired) electrons. The molecule has 19 heavy (non-hydrogen) atoms. The van der Waals surface area contributed by atoms with E-state index in [2.05, 4.69) is 10.6 Å². The smallest absolute Gasteiger partial charge is 0.378 e. The van der Waals surface area contributed by atoms with Crippen molar-refractivity contribution in [2.24, 2.45) is 0 Å². The topological polar surface area (TPSA) is 50.4 Å². The van der Waals surface area contributed by atoms with Crippen molar-refractivity contribution < 1.29 is 22.7 Å². The Morgan fingerprint density at radius 2 is 2.00 bits per heavy atom. The molecular formula is C12H13F3N2O2. The number of rotatable bonds is 2. The highest BCUT2D eigenvalue weighted by Crippen LogP contribution is 2.29. The number of ether oxygens (including phenoxy) is 1. The summed E-state index contributed by atoms with van der Waals surface area (Å²) in [5, 5.41) is 5.50. The van der Waals surface area contributed by atoms with Crippen LogP contribution in [0.4, 0.5) is 18.9 Å². The van der Waals surface area contributed by atoms with E-state index in [0.717, 1.165) is 12.1 Å². The van der Waals surface area contributed by atoms with E-state index in [1.54, 1.807) is 0 Å². The van der Waals surface area contributed by atoms with Gasteiger partial charge in [-0.15, -0.1) is 0 Å². The molecule has 1 unspecified atom stereocenters. The minimum atomic E-state index is -4.37. The molecule has 0 bridgehead atoms. The van der Waals surface area contributed by atoms with Gasteiger partial charge in [-0.25, -0.2) is 0 Å². The highest BCUT2D eigenvalue weighted by molar-refractivity contribution is 5.95. The SMILES string of the molecule is O=C(Nc1ccc(C(F)(F)F)cc1)C1COCCN1. The summed E-state index contributed by atoms with van der Waals surface area (Å²) in [5.74, 6) is -0.320. The van der Waals surface area contributed by atoms with E-state index < -0.39 is 17.8 Å². The van der Waals surface area contributed by atoms with Crippen LogP contribution >= 0.6 is 0 Å². The summed E-state index contributed by atoms with van der Waals surface area (Å²) < 4.78 is 42.2. The molecule has 0 spiro atoms. The number of nitrogens with one attached hydrogen (secondary N) is 2. The Labute approximate surface area is 107 Å². The van der Waals surface area contributed by atoms with Crippen molar-refractivity contribution >= 4 is 11.6 Å². The van der Waals surface area contributed by atoms with Gasteiger partial charge in [0, 0.05) is 12.2 Å². The molecule has 2 N–H and O–H groups in total. The van der Waals surface area contributed by atoms with Crippen LogP contribution in [0.1, 0.15) is 5.56 Å². The first-order valence-corrected chi connectivity index (χ1v) is 5.76. The van der Waals surface area contributed by atoms with Gasteiger partial charge in [0.25, 0.3) is 0 Å². The van der Waals surface area contributed by atoms with Crippen molar-refractivity contribution in [3.63, 3.8) is 0 Å². The van der Waals surface area contributed by atoms with Crippen molar-refractivity contribution in [1.82, 2.24) is 5.32 Å². The van der Waals surface area contributed by atoms with Crippen LogP contribution in [-0.2, 0) is 15.7 Å². The van der Waals surface area contributed by atoms with Crippen molar-refractivity contribution in [2.75, 3.05) is 25.1 Å². The number of amides is 1. The van der Waals surface area contributed by atoms with E-state index in [1.165, 1.54) is 12.1 Å². The fourth-order valence-corrected chi connectivity index (χ4v) is 1.71. The number of morpholine rings is 1. The Morgan fingerprint density at radius 3 is 2.53 bits per heavy atom. The van der Waals surface area contributed by atoms with Gasteiger partial charge in [0.05, 0.1) is 18.8 Å². The maximum atomic E-state index is 12.4. The standard InChI is InChI=1S/C12H13F3N2O2/c13-12(14,15)8-1-3-9(4-2-8)17-11(18)10-7-19-6-5-16-10/h1-4,10,16H,5-7H2,(H,17,18). The van der Waals surface area contributed by atoms with Gasteiger partial charge < -0.3 is 15.4 Å². The summed E-state index contributed by atoms with van der Waals surface area (Å²) in [5.41, 5.74) is -0.421. The van der Waals surface area contributed by atoms with Crippen LogP contribution in [0, 0.1) is 0 Å². The lowest BCUT2D eigenvalue weighted by Crippen LogP contribution is -2.48. The predicted molar refractivity (Wildman–Crippen MR) is 62.7 cm³/mol. The summed E-state index contributed by atoms with van der Waals surface area (Å²) in [6.07, 6.45) is -4.37. The van der Waals surface area contributed by atoms with E-state index in [4.69, 9.17) is 4.74 Å². The van der Waals surface area contributed by atoms with Crippen molar-refractivity contribution in [1.29, 1.82) is 0 Å².